The molecule has 3 nitrogen and oxygen atoms in total. The Bertz CT molecular complexity index is 408. The molecule has 0 saturated carbocycles. The Balaban J connectivity index is 1.94. The van der Waals surface area contributed by atoms with Gasteiger partial charge in [0.05, 0.1) is 5.38 Å². The molecular formula is C10H12ClN3S. The summed E-state index contributed by atoms with van der Waals surface area (Å²) in [5.41, 5.74) is 2.18. The second-order valence-corrected chi connectivity index (χ2v) is 4.84. The molecule has 0 aliphatic carbocycles. The number of aromatic nitrogens is 3. The predicted molar refractivity (Wildman–Crippen MR) is 62.3 cm³/mol. The molecule has 80 valence electrons. The maximum atomic E-state index is 5.90. The SMILES string of the molecule is CC(Cl)c1cn(CCc2ccsc2)nn1. The van der Waals surface area contributed by atoms with Gasteiger partial charge in [0.25, 0.3) is 0 Å². The summed E-state index contributed by atoms with van der Waals surface area (Å²) in [6.45, 7) is 2.75. The lowest BCUT2D eigenvalue weighted by Gasteiger charge is -1.97. The molecular weight excluding hydrogens is 230 g/mol. The first kappa shape index (κ1) is 10.6. The molecule has 0 saturated heterocycles. The molecule has 15 heavy (non-hydrogen) atoms. The van der Waals surface area contributed by atoms with Crippen LogP contribution in [0.3, 0.4) is 0 Å². The molecule has 2 aromatic heterocycles. The van der Waals surface area contributed by atoms with Crippen molar-refractivity contribution in [2.45, 2.75) is 25.3 Å². The second-order valence-electron chi connectivity index (χ2n) is 3.40. The second kappa shape index (κ2) is 4.77. The number of nitrogens with zero attached hydrogens (tertiary/aromatic N) is 3. The lowest BCUT2D eigenvalue weighted by molar-refractivity contribution is 0.589. The van der Waals surface area contributed by atoms with Crippen molar-refractivity contribution in [1.29, 1.82) is 0 Å². The largest absolute Gasteiger partial charge is 0.252 e. The molecule has 2 rings (SSSR count). The van der Waals surface area contributed by atoms with Crippen LogP contribution in [0.2, 0.25) is 0 Å². The Morgan fingerprint density at radius 3 is 3.07 bits per heavy atom. The molecule has 0 amide bonds. The molecule has 0 N–H and O–H groups in total. The summed E-state index contributed by atoms with van der Waals surface area (Å²) in [6, 6.07) is 2.13. The molecule has 0 radical (unpaired) electrons. The smallest absolute Gasteiger partial charge is 0.100 e. The van der Waals surface area contributed by atoms with Gasteiger partial charge < -0.3 is 0 Å². The third-order valence-corrected chi connectivity index (χ3v) is 3.13. The Labute approximate surface area is 97.7 Å². The van der Waals surface area contributed by atoms with E-state index in [1.807, 2.05) is 17.8 Å². The van der Waals surface area contributed by atoms with Crippen LogP contribution in [0.1, 0.15) is 23.6 Å². The van der Waals surface area contributed by atoms with Crippen LogP contribution < -0.4 is 0 Å². The fraction of sp³-hybridized carbons (Fsp3) is 0.400. The molecule has 0 aliphatic rings. The molecule has 0 aromatic carbocycles. The minimum Gasteiger partial charge on any atom is -0.252 e. The van der Waals surface area contributed by atoms with E-state index in [0.29, 0.717) is 0 Å². The van der Waals surface area contributed by atoms with Crippen LogP contribution >= 0.6 is 22.9 Å². The van der Waals surface area contributed by atoms with Crippen molar-refractivity contribution in [3.63, 3.8) is 0 Å². The van der Waals surface area contributed by atoms with E-state index in [1.54, 1.807) is 11.3 Å². The van der Waals surface area contributed by atoms with Crippen molar-refractivity contribution < 1.29 is 0 Å². The van der Waals surface area contributed by atoms with Crippen molar-refractivity contribution >= 4 is 22.9 Å². The van der Waals surface area contributed by atoms with Gasteiger partial charge in [-0.05, 0) is 35.7 Å². The van der Waals surface area contributed by atoms with Gasteiger partial charge in [-0.2, -0.15) is 11.3 Å². The molecule has 1 atom stereocenters. The zero-order valence-electron chi connectivity index (χ0n) is 8.43. The van der Waals surface area contributed by atoms with Crippen molar-refractivity contribution in [2.24, 2.45) is 0 Å². The molecule has 5 heteroatoms. The number of rotatable bonds is 4. The van der Waals surface area contributed by atoms with Crippen LogP contribution in [0.4, 0.5) is 0 Å². The van der Waals surface area contributed by atoms with Crippen LogP contribution in [0.5, 0.6) is 0 Å². The van der Waals surface area contributed by atoms with Gasteiger partial charge in [-0.3, -0.25) is 4.68 Å². The molecule has 0 bridgehead atoms. The van der Waals surface area contributed by atoms with Crippen LogP contribution in [-0.4, -0.2) is 15.0 Å². The average molecular weight is 242 g/mol. The van der Waals surface area contributed by atoms with Gasteiger partial charge in [0.15, 0.2) is 0 Å². The zero-order valence-corrected chi connectivity index (χ0v) is 10.0. The van der Waals surface area contributed by atoms with Gasteiger partial charge in [0.1, 0.15) is 5.69 Å². The van der Waals surface area contributed by atoms with E-state index in [4.69, 9.17) is 11.6 Å². The fourth-order valence-corrected chi connectivity index (χ4v) is 2.09. The first-order valence-corrected chi connectivity index (χ1v) is 6.19. The standard InChI is InChI=1S/C10H12ClN3S/c1-8(11)10-6-14(13-12-10)4-2-9-3-5-15-7-9/h3,5-8H,2,4H2,1H3. The van der Waals surface area contributed by atoms with E-state index in [9.17, 15) is 0 Å². The van der Waals surface area contributed by atoms with Crippen molar-refractivity contribution in [3.8, 4) is 0 Å². The Morgan fingerprint density at radius 1 is 1.60 bits per heavy atom. The van der Waals surface area contributed by atoms with Gasteiger partial charge in [-0.15, -0.1) is 16.7 Å². The summed E-state index contributed by atoms with van der Waals surface area (Å²) in [5.74, 6) is 0. The maximum Gasteiger partial charge on any atom is 0.100 e. The minimum absolute atomic E-state index is 0.0695. The molecule has 0 aliphatic heterocycles. The van der Waals surface area contributed by atoms with Crippen molar-refractivity contribution in [2.75, 3.05) is 0 Å². The van der Waals surface area contributed by atoms with Gasteiger partial charge in [0.2, 0.25) is 0 Å². The summed E-state index contributed by atoms with van der Waals surface area (Å²) >= 11 is 7.62. The van der Waals surface area contributed by atoms with Gasteiger partial charge in [-0.1, -0.05) is 5.21 Å². The quantitative estimate of drug-likeness (QED) is 0.771. The first-order chi connectivity index (χ1) is 7.25. The summed E-state index contributed by atoms with van der Waals surface area (Å²) < 4.78 is 1.84. The third-order valence-electron chi connectivity index (χ3n) is 2.17. The van der Waals surface area contributed by atoms with Crippen molar-refractivity contribution in [3.05, 3.63) is 34.3 Å². The topological polar surface area (TPSA) is 30.7 Å². The van der Waals surface area contributed by atoms with Crippen LogP contribution in [0.15, 0.2) is 23.0 Å². The van der Waals surface area contributed by atoms with Gasteiger partial charge in [0, 0.05) is 12.7 Å². The number of halogens is 1. The minimum atomic E-state index is -0.0695. The molecule has 0 spiro atoms. The fourth-order valence-electron chi connectivity index (χ4n) is 1.28. The predicted octanol–water partition coefficient (Wildman–Crippen LogP) is 2.88. The number of thiophene rings is 1. The Hall–Kier alpha value is -0.870. The van der Waals surface area contributed by atoms with Crippen LogP contribution in [-0.2, 0) is 13.0 Å². The van der Waals surface area contributed by atoms with Crippen LogP contribution in [0.25, 0.3) is 0 Å². The third kappa shape index (κ3) is 2.79. The number of hydrogen-bond acceptors (Lipinski definition) is 3. The summed E-state index contributed by atoms with van der Waals surface area (Å²) in [4.78, 5) is 0. The maximum absolute atomic E-state index is 5.90. The number of hydrogen-bond donors (Lipinski definition) is 0. The summed E-state index contributed by atoms with van der Waals surface area (Å²) in [7, 11) is 0. The first-order valence-electron chi connectivity index (χ1n) is 4.81. The van der Waals surface area contributed by atoms with E-state index in [1.165, 1.54) is 5.56 Å². The van der Waals surface area contributed by atoms with Crippen molar-refractivity contribution in [1.82, 2.24) is 15.0 Å². The molecule has 2 heterocycles. The highest BCUT2D eigenvalue weighted by Crippen LogP contribution is 2.15. The number of aryl methyl sites for hydroxylation is 2. The highest BCUT2D eigenvalue weighted by atomic mass is 35.5. The normalized spacial score (nSPS) is 12.9. The lowest BCUT2D eigenvalue weighted by atomic mass is 10.2. The van der Waals surface area contributed by atoms with Gasteiger partial charge in [-0.25, -0.2) is 0 Å². The van der Waals surface area contributed by atoms with Crippen LogP contribution in [0, 0.1) is 0 Å². The van der Waals surface area contributed by atoms with Gasteiger partial charge >= 0.3 is 0 Å². The Morgan fingerprint density at radius 2 is 2.47 bits per heavy atom. The summed E-state index contributed by atoms with van der Waals surface area (Å²) in [6.07, 6.45) is 2.90. The van der Waals surface area contributed by atoms with E-state index in [0.717, 1.165) is 18.7 Å². The highest BCUT2D eigenvalue weighted by Gasteiger charge is 2.06. The number of alkyl halides is 1. The lowest BCUT2D eigenvalue weighted by Crippen LogP contribution is -2.01. The summed E-state index contributed by atoms with van der Waals surface area (Å²) in [5, 5.41) is 12.2. The molecule has 0 fully saturated rings. The van der Waals surface area contributed by atoms with E-state index >= 15 is 0 Å². The van der Waals surface area contributed by atoms with E-state index < -0.39 is 0 Å². The molecule has 1 unspecified atom stereocenters. The monoisotopic (exact) mass is 241 g/mol. The van der Waals surface area contributed by atoms with E-state index in [2.05, 4.69) is 27.1 Å². The highest BCUT2D eigenvalue weighted by molar-refractivity contribution is 7.07. The Kier molecular flexibility index (Phi) is 3.38. The average Bonchev–Trinajstić information content (AvgIpc) is 2.86. The zero-order chi connectivity index (χ0) is 10.7. The van der Waals surface area contributed by atoms with E-state index in [-0.39, 0.29) is 5.38 Å². The molecule has 2 aromatic rings.